The maximum absolute atomic E-state index is 11.8. The molecule has 1 heterocycles. The number of aliphatic hydroxyl groups excluding tert-OH is 1. The Morgan fingerprint density at radius 2 is 1.92 bits per heavy atom. The fourth-order valence-electron chi connectivity index (χ4n) is 2.84. The predicted molar refractivity (Wildman–Crippen MR) is 102 cm³/mol. The van der Waals surface area contributed by atoms with Crippen molar-refractivity contribution in [1.29, 1.82) is 0 Å². The Kier molecular flexibility index (Phi) is 5.20. The zero-order chi connectivity index (χ0) is 18.7. The van der Waals surface area contributed by atoms with Gasteiger partial charge >= 0.3 is 0 Å². The second-order valence-electron chi connectivity index (χ2n) is 6.33. The van der Waals surface area contributed by atoms with E-state index in [1.165, 1.54) is 18.6 Å². The van der Waals surface area contributed by atoms with Gasteiger partial charge in [0.15, 0.2) is 9.84 Å². The Hall–Kier alpha value is -2.51. The summed E-state index contributed by atoms with van der Waals surface area (Å²) in [6.07, 6.45) is 3.22. The number of nitrogens with zero attached hydrogens (tertiary/aromatic N) is 2. The Labute approximate surface area is 152 Å². The third-order valence-electron chi connectivity index (χ3n) is 4.32. The summed E-state index contributed by atoms with van der Waals surface area (Å²) in [5.74, 6) is 0.508. The summed E-state index contributed by atoms with van der Waals surface area (Å²) in [4.78, 5) is 8.65. The van der Waals surface area contributed by atoms with Crippen LogP contribution in [0.4, 0.5) is 5.82 Å². The molecule has 136 valence electrons. The molecule has 3 aromatic rings. The molecular weight excluding hydrogens is 350 g/mol. The van der Waals surface area contributed by atoms with Gasteiger partial charge in [0.05, 0.1) is 23.1 Å². The molecule has 0 saturated carbocycles. The van der Waals surface area contributed by atoms with E-state index in [1.807, 2.05) is 31.2 Å². The van der Waals surface area contributed by atoms with E-state index in [9.17, 15) is 13.5 Å². The molecule has 1 atom stereocenters. The summed E-state index contributed by atoms with van der Waals surface area (Å²) >= 11 is 0. The first-order valence-electron chi connectivity index (χ1n) is 8.25. The van der Waals surface area contributed by atoms with Crippen molar-refractivity contribution in [2.75, 3.05) is 18.2 Å². The minimum atomic E-state index is -3.33. The average molecular weight is 371 g/mol. The van der Waals surface area contributed by atoms with Crippen molar-refractivity contribution in [3.05, 3.63) is 59.9 Å². The Balaban J connectivity index is 1.95. The van der Waals surface area contributed by atoms with E-state index in [2.05, 4.69) is 15.3 Å². The van der Waals surface area contributed by atoms with Gasteiger partial charge in [0, 0.05) is 11.6 Å². The zero-order valence-corrected chi connectivity index (χ0v) is 15.5. The van der Waals surface area contributed by atoms with Gasteiger partial charge in [-0.15, -0.1) is 0 Å². The first-order chi connectivity index (χ1) is 12.4. The number of anilines is 1. The van der Waals surface area contributed by atoms with Crippen LogP contribution in [0.5, 0.6) is 0 Å². The van der Waals surface area contributed by atoms with Crippen LogP contribution >= 0.6 is 0 Å². The van der Waals surface area contributed by atoms with Crippen LogP contribution in [0.1, 0.15) is 11.1 Å². The molecule has 2 N–H and O–H groups in total. The first-order valence-corrected chi connectivity index (χ1v) is 10.1. The number of benzene rings is 2. The number of hydrogen-bond acceptors (Lipinski definition) is 6. The standard InChI is InChI=1S/C19H21N3O3S/c1-13-5-3-4-6-14(13)9-15(11-23)22-19-17-10-16(26(2,24)25)7-8-18(17)20-12-21-19/h3-8,10,12,15,23H,9,11H2,1-2H3,(H,20,21,22)/t15-/m1/s1. The van der Waals surface area contributed by atoms with Crippen LogP contribution in [0.2, 0.25) is 0 Å². The second-order valence-corrected chi connectivity index (χ2v) is 8.34. The predicted octanol–water partition coefficient (Wildman–Crippen LogP) is 2.36. The van der Waals surface area contributed by atoms with Crippen LogP contribution in [-0.4, -0.2) is 42.4 Å². The highest BCUT2D eigenvalue weighted by Crippen LogP contribution is 2.24. The van der Waals surface area contributed by atoms with Gasteiger partial charge in [0.25, 0.3) is 0 Å². The van der Waals surface area contributed by atoms with E-state index in [-0.39, 0.29) is 17.5 Å². The van der Waals surface area contributed by atoms with E-state index in [1.54, 1.807) is 12.1 Å². The lowest BCUT2D eigenvalue weighted by molar-refractivity contribution is 0.273. The summed E-state index contributed by atoms with van der Waals surface area (Å²) in [5.41, 5.74) is 2.93. The molecule has 2 aromatic carbocycles. The molecule has 26 heavy (non-hydrogen) atoms. The van der Waals surface area contributed by atoms with Crippen molar-refractivity contribution >= 4 is 26.6 Å². The van der Waals surface area contributed by atoms with Crippen LogP contribution in [-0.2, 0) is 16.3 Å². The topological polar surface area (TPSA) is 92.2 Å². The van der Waals surface area contributed by atoms with Gasteiger partial charge in [-0.25, -0.2) is 18.4 Å². The maximum Gasteiger partial charge on any atom is 0.175 e. The molecule has 6 nitrogen and oxygen atoms in total. The van der Waals surface area contributed by atoms with Crippen LogP contribution in [0.3, 0.4) is 0 Å². The smallest absolute Gasteiger partial charge is 0.175 e. The van der Waals surface area contributed by atoms with E-state index in [0.717, 1.165) is 11.1 Å². The lowest BCUT2D eigenvalue weighted by atomic mass is 10.0. The molecule has 0 fully saturated rings. The van der Waals surface area contributed by atoms with E-state index in [4.69, 9.17) is 0 Å². The first kappa shape index (κ1) is 18.3. The Morgan fingerprint density at radius 1 is 1.15 bits per heavy atom. The highest BCUT2D eigenvalue weighted by atomic mass is 32.2. The highest BCUT2D eigenvalue weighted by Gasteiger charge is 2.15. The molecule has 0 spiro atoms. The largest absolute Gasteiger partial charge is 0.394 e. The van der Waals surface area contributed by atoms with Gasteiger partial charge in [0.1, 0.15) is 12.1 Å². The summed E-state index contributed by atoms with van der Waals surface area (Å²) in [6.45, 7) is 1.95. The quantitative estimate of drug-likeness (QED) is 0.691. The number of rotatable bonds is 6. The van der Waals surface area contributed by atoms with Gasteiger partial charge in [-0.05, 0) is 42.7 Å². The molecule has 3 rings (SSSR count). The molecule has 1 aromatic heterocycles. The van der Waals surface area contributed by atoms with Gasteiger partial charge in [-0.2, -0.15) is 0 Å². The molecule has 0 radical (unpaired) electrons. The van der Waals surface area contributed by atoms with Gasteiger partial charge < -0.3 is 10.4 Å². The van der Waals surface area contributed by atoms with E-state index < -0.39 is 9.84 Å². The van der Waals surface area contributed by atoms with Gasteiger partial charge in [-0.3, -0.25) is 0 Å². The fraction of sp³-hybridized carbons (Fsp3) is 0.263. The van der Waals surface area contributed by atoms with Crippen LogP contribution < -0.4 is 5.32 Å². The molecule has 0 bridgehead atoms. The molecular formula is C19H21N3O3S. The van der Waals surface area contributed by atoms with Gasteiger partial charge in [-0.1, -0.05) is 24.3 Å². The third-order valence-corrected chi connectivity index (χ3v) is 5.43. The average Bonchev–Trinajstić information content (AvgIpc) is 2.62. The molecule has 0 unspecified atom stereocenters. The second kappa shape index (κ2) is 7.39. The lowest BCUT2D eigenvalue weighted by Crippen LogP contribution is -2.27. The lowest BCUT2D eigenvalue weighted by Gasteiger charge is -2.19. The summed E-state index contributed by atoms with van der Waals surface area (Å²) in [6, 6.07) is 12.5. The number of aryl methyl sites for hydroxylation is 1. The number of fused-ring (bicyclic) bond motifs is 1. The summed E-state index contributed by atoms with van der Waals surface area (Å²) in [5, 5.41) is 13.6. The van der Waals surface area contributed by atoms with Crippen LogP contribution in [0.15, 0.2) is 53.7 Å². The van der Waals surface area contributed by atoms with E-state index in [0.29, 0.717) is 23.1 Å². The minimum absolute atomic E-state index is 0.0778. The fourth-order valence-corrected chi connectivity index (χ4v) is 3.49. The number of hydrogen-bond donors (Lipinski definition) is 2. The number of nitrogens with one attached hydrogen (secondary N) is 1. The molecule has 0 aliphatic heterocycles. The molecule has 0 aliphatic carbocycles. The van der Waals surface area contributed by atoms with Crippen molar-refractivity contribution < 1.29 is 13.5 Å². The monoisotopic (exact) mass is 371 g/mol. The summed E-state index contributed by atoms with van der Waals surface area (Å²) < 4.78 is 23.7. The third kappa shape index (κ3) is 4.00. The van der Waals surface area contributed by atoms with Crippen molar-refractivity contribution in [3.63, 3.8) is 0 Å². The normalized spacial score (nSPS) is 12.9. The van der Waals surface area contributed by atoms with E-state index >= 15 is 0 Å². The minimum Gasteiger partial charge on any atom is -0.394 e. The van der Waals surface area contributed by atoms with Crippen molar-refractivity contribution in [2.24, 2.45) is 0 Å². The summed E-state index contributed by atoms with van der Waals surface area (Å²) in [7, 11) is -3.33. The molecule has 0 saturated heterocycles. The van der Waals surface area contributed by atoms with Crippen LogP contribution in [0.25, 0.3) is 10.9 Å². The highest BCUT2D eigenvalue weighted by molar-refractivity contribution is 7.90. The Bertz CT molecular complexity index is 1040. The molecule has 7 heteroatoms. The number of sulfone groups is 1. The maximum atomic E-state index is 11.8. The Morgan fingerprint density at radius 3 is 2.62 bits per heavy atom. The SMILES string of the molecule is Cc1ccccc1C[C@H](CO)Nc1ncnc2ccc(S(C)(=O)=O)cc12. The van der Waals surface area contributed by atoms with Crippen molar-refractivity contribution in [1.82, 2.24) is 9.97 Å². The zero-order valence-electron chi connectivity index (χ0n) is 14.7. The van der Waals surface area contributed by atoms with Crippen molar-refractivity contribution in [3.8, 4) is 0 Å². The van der Waals surface area contributed by atoms with Crippen LogP contribution in [0, 0.1) is 6.92 Å². The number of aliphatic hydroxyl groups is 1. The number of aromatic nitrogens is 2. The van der Waals surface area contributed by atoms with Gasteiger partial charge in [0.2, 0.25) is 0 Å². The molecule has 0 aliphatic rings. The molecule has 0 amide bonds. The van der Waals surface area contributed by atoms with Crippen molar-refractivity contribution in [2.45, 2.75) is 24.3 Å².